The highest BCUT2D eigenvalue weighted by atomic mass is 35.5. The summed E-state index contributed by atoms with van der Waals surface area (Å²) < 4.78 is 23.8. The number of hydrogen-bond donors (Lipinski definition) is 1. The van der Waals surface area contributed by atoms with Crippen LogP contribution < -0.4 is 10.1 Å². The Morgan fingerprint density at radius 3 is 3.18 bits per heavy atom. The molecule has 1 aromatic rings. The third kappa shape index (κ3) is 5.44. The summed E-state index contributed by atoms with van der Waals surface area (Å²) in [4.78, 5) is 14.0. The molecular formula is C15H20ClFN2O3. The first-order valence-corrected chi connectivity index (χ1v) is 7.53. The van der Waals surface area contributed by atoms with Crippen molar-refractivity contribution >= 4 is 17.5 Å². The van der Waals surface area contributed by atoms with Gasteiger partial charge in [0, 0.05) is 31.6 Å². The molecule has 0 spiro atoms. The number of nitrogens with one attached hydrogen (secondary N) is 1. The number of amides is 1. The molecule has 1 amide bonds. The first kappa shape index (κ1) is 17.0. The smallest absolute Gasteiger partial charge is 0.257 e. The lowest BCUT2D eigenvalue weighted by atomic mass is 10.1. The van der Waals surface area contributed by atoms with Gasteiger partial charge in [0.15, 0.2) is 6.61 Å². The van der Waals surface area contributed by atoms with Crippen LogP contribution in [0, 0.1) is 11.7 Å². The van der Waals surface area contributed by atoms with Gasteiger partial charge in [-0.2, -0.15) is 0 Å². The molecule has 7 heteroatoms. The van der Waals surface area contributed by atoms with E-state index in [0.717, 1.165) is 19.7 Å². The molecule has 0 aliphatic carbocycles. The van der Waals surface area contributed by atoms with Crippen LogP contribution in [0.5, 0.6) is 5.75 Å². The number of rotatable bonds is 5. The fourth-order valence-corrected chi connectivity index (χ4v) is 2.37. The summed E-state index contributed by atoms with van der Waals surface area (Å²) in [6.07, 6.45) is 0. The lowest BCUT2D eigenvalue weighted by molar-refractivity contribution is -0.123. The predicted molar refractivity (Wildman–Crippen MR) is 81.7 cm³/mol. The third-order valence-electron chi connectivity index (χ3n) is 3.39. The highest BCUT2D eigenvalue weighted by Crippen LogP contribution is 2.20. The molecule has 22 heavy (non-hydrogen) atoms. The third-order valence-corrected chi connectivity index (χ3v) is 3.68. The van der Waals surface area contributed by atoms with E-state index in [9.17, 15) is 9.18 Å². The largest absolute Gasteiger partial charge is 0.484 e. The van der Waals surface area contributed by atoms with Crippen LogP contribution in [-0.4, -0.2) is 57.3 Å². The van der Waals surface area contributed by atoms with Crippen molar-refractivity contribution in [1.82, 2.24) is 10.2 Å². The van der Waals surface area contributed by atoms with Gasteiger partial charge in [-0.3, -0.25) is 4.79 Å². The normalized spacial score (nSPS) is 19.5. The number of benzene rings is 1. The van der Waals surface area contributed by atoms with Crippen LogP contribution in [-0.2, 0) is 9.53 Å². The van der Waals surface area contributed by atoms with E-state index in [0.29, 0.717) is 18.9 Å². The minimum atomic E-state index is -0.518. The number of carbonyl (C=O) groups is 1. The van der Waals surface area contributed by atoms with Crippen molar-refractivity contribution < 1.29 is 18.7 Å². The zero-order chi connectivity index (χ0) is 15.9. The van der Waals surface area contributed by atoms with Gasteiger partial charge in [-0.05, 0) is 19.2 Å². The van der Waals surface area contributed by atoms with E-state index in [1.165, 1.54) is 18.2 Å². The average molecular weight is 331 g/mol. The van der Waals surface area contributed by atoms with Crippen LogP contribution >= 0.6 is 11.6 Å². The summed E-state index contributed by atoms with van der Waals surface area (Å²) >= 11 is 5.65. The summed E-state index contributed by atoms with van der Waals surface area (Å²) in [5.41, 5.74) is 0. The van der Waals surface area contributed by atoms with E-state index in [-0.39, 0.29) is 23.5 Å². The first-order valence-electron chi connectivity index (χ1n) is 7.15. The summed E-state index contributed by atoms with van der Waals surface area (Å²) in [5, 5.41) is 2.79. The summed E-state index contributed by atoms with van der Waals surface area (Å²) in [7, 11) is 2.03. The van der Waals surface area contributed by atoms with Gasteiger partial charge in [-0.1, -0.05) is 11.6 Å². The van der Waals surface area contributed by atoms with Gasteiger partial charge in [0.25, 0.3) is 5.91 Å². The molecule has 1 aliphatic rings. The van der Waals surface area contributed by atoms with Gasteiger partial charge in [-0.25, -0.2) is 4.39 Å². The molecule has 0 saturated carbocycles. The van der Waals surface area contributed by atoms with Crippen LogP contribution in [0.2, 0.25) is 5.02 Å². The Bertz CT molecular complexity index is 516. The number of likely N-dealkylation sites (N-methyl/N-ethyl adjacent to an activating group) is 1. The van der Waals surface area contributed by atoms with E-state index in [1.54, 1.807) is 0 Å². The van der Waals surface area contributed by atoms with Gasteiger partial charge in [0.2, 0.25) is 0 Å². The molecule has 0 radical (unpaired) electrons. The standard InChI is InChI=1S/C15H20ClFN2O3/c1-19-4-5-21-9-11(8-19)7-18-15(20)10-22-12-2-3-14(17)13(16)6-12/h2-3,6,11H,4-5,7-10H2,1H3,(H,18,20)/t11-/m1/s1. The lowest BCUT2D eigenvalue weighted by Gasteiger charge is -2.19. The molecule has 1 fully saturated rings. The molecule has 5 nitrogen and oxygen atoms in total. The van der Waals surface area contributed by atoms with Gasteiger partial charge in [0.05, 0.1) is 18.2 Å². The highest BCUT2D eigenvalue weighted by Gasteiger charge is 2.17. The lowest BCUT2D eigenvalue weighted by Crippen LogP contribution is -2.37. The number of nitrogens with zero attached hydrogens (tertiary/aromatic N) is 1. The van der Waals surface area contributed by atoms with Crippen molar-refractivity contribution in [3.8, 4) is 5.75 Å². The number of carbonyl (C=O) groups excluding carboxylic acids is 1. The Labute approximate surface area is 134 Å². The molecule has 1 atom stereocenters. The van der Waals surface area contributed by atoms with Crippen LogP contribution in [0.15, 0.2) is 18.2 Å². The molecule has 122 valence electrons. The zero-order valence-corrected chi connectivity index (χ0v) is 13.2. The molecule has 1 heterocycles. The van der Waals surface area contributed by atoms with E-state index in [4.69, 9.17) is 21.1 Å². The Morgan fingerprint density at radius 1 is 1.59 bits per heavy atom. The van der Waals surface area contributed by atoms with Gasteiger partial charge < -0.3 is 19.7 Å². The van der Waals surface area contributed by atoms with Crippen LogP contribution in [0.3, 0.4) is 0 Å². The second-order valence-corrected chi connectivity index (χ2v) is 5.78. The number of hydrogen-bond acceptors (Lipinski definition) is 4. The summed E-state index contributed by atoms with van der Waals surface area (Å²) in [5.74, 6) is -0.126. The fourth-order valence-electron chi connectivity index (χ4n) is 2.20. The van der Waals surface area contributed by atoms with Crippen LogP contribution in [0.1, 0.15) is 0 Å². The van der Waals surface area contributed by atoms with Crippen molar-refractivity contribution in [2.24, 2.45) is 5.92 Å². The second-order valence-electron chi connectivity index (χ2n) is 5.37. The minimum Gasteiger partial charge on any atom is -0.484 e. The molecule has 0 aromatic heterocycles. The molecule has 1 aromatic carbocycles. The molecule has 1 aliphatic heterocycles. The molecule has 0 bridgehead atoms. The maximum atomic E-state index is 13.0. The molecule has 1 N–H and O–H groups in total. The predicted octanol–water partition coefficient (Wildman–Crippen LogP) is 1.55. The van der Waals surface area contributed by atoms with Gasteiger partial charge in [-0.15, -0.1) is 0 Å². The second kappa shape index (κ2) is 8.31. The maximum absolute atomic E-state index is 13.0. The maximum Gasteiger partial charge on any atom is 0.257 e. The zero-order valence-electron chi connectivity index (χ0n) is 12.5. The van der Waals surface area contributed by atoms with Crippen molar-refractivity contribution in [1.29, 1.82) is 0 Å². The SMILES string of the molecule is CN1CCOC[C@H](CNC(=O)COc2ccc(F)c(Cl)c2)C1. The number of halogens is 2. The van der Waals surface area contributed by atoms with Crippen molar-refractivity contribution in [2.45, 2.75) is 0 Å². The quantitative estimate of drug-likeness (QED) is 0.890. The Balaban J connectivity index is 1.72. The first-order chi connectivity index (χ1) is 10.5. The van der Waals surface area contributed by atoms with E-state index in [1.807, 2.05) is 7.05 Å². The van der Waals surface area contributed by atoms with E-state index >= 15 is 0 Å². The number of ether oxygens (including phenoxy) is 2. The van der Waals surface area contributed by atoms with Crippen molar-refractivity contribution in [3.05, 3.63) is 29.0 Å². The van der Waals surface area contributed by atoms with Crippen molar-refractivity contribution in [2.75, 3.05) is 46.5 Å². The van der Waals surface area contributed by atoms with Crippen LogP contribution in [0.4, 0.5) is 4.39 Å². The Hall–Kier alpha value is -1.37. The van der Waals surface area contributed by atoms with Gasteiger partial charge in [0.1, 0.15) is 11.6 Å². The summed E-state index contributed by atoms with van der Waals surface area (Å²) in [6.45, 7) is 3.55. The monoisotopic (exact) mass is 330 g/mol. The molecular weight excluding hydrogens is 311 g/mol. The minimum absolute atomic E-state index is 0.0310. The van der Waals surface area contributed by atoms with Gasteiger partial charge >= 0.3 is 0 Å². The van der Waals surface area contributed by atoms with Crippen molar-refractivity contribution in [3.63, 3.8) is 0 Å². The van der Waals surface area contributed by atoms with E-state index in [2.05, 4.69) is 10.2 Å². The van der Waals surface area contributed by atoms with Crippen LogP contribution in [0.25, 0.3) is 0 Å². The topological polar surface area (TPSA) is 50.8 Å². The Kier molecular flexibility index (Phi) is 6.42. The fraction of sp³-hybridized carbons (Fsp3) is 0.533. The molecule has 1 saturated heterocycles. The average Bonchev–Trinajstić information content (AvgIpc) is 2.70. The Morgan fingerprint density at radius 2 is 2.41 bits per heavy atom. The molecule has 2 rings (SSSR count). The molecule has 0 unspecified atom stereocenters. The summed E-state index contributed by atoms with van der Waals surface area (Å²) in [6, 6.07) is 3.98. The van der Waals surface area contributed by atoms with E-state index < -0.39 is 5.82 Å². The highest BCUT2D eigenvalue weighted by molar-refractivity contribution is 6.30.